The first kappa shape index (κ1) is 26.4. The molecule has 0 aliphatic carbocycles. The third kappa shape index (κ3) is 7.15. The third-order valence-electron chi connectivity index (χ3n) is 4.96. The van der Waals surface area contributed by atoms with Crippen LogP contribution in [0.25, 0.3) is 0 Å². The first-order chi connectivity index (χ1) is 16.3. The summed E-state index contributed by atoms with van der Waals surface area (Å²) < 4.78 is 27.7. The molecule has 0 saturated carbocycles. The Bertz CT molecular complexity index is 1220. The number of halogens is 2. The predicted octanol–water partition coefficient (Wildman–Crippen LogP) is 5.94. The number of aryl methyl sites for hydroxylation is 1. The standard InChI is InChI=1S/C25H26Cl2N2O3S2/c1-19-8-5-9-20(16-19)18-33-15-7-14-28-24(30)17-29(23-13-6-12-22(26)25(23)27)34(31,32)21-10-3-2-4-11-21/h2-6,8-13,16H,7,14-15,17-18H2,1H3,(H,28,30). The van der Waals surface area contributed by atoms with Crippen molar-refractivity contribution < 1.29 is 13.2 Å². The average Bonchev–Trinajstić information content (AvgIpc) is 2.82. The zero-order valence-corrected chi connectivity index (χ0v) is 21.9. The molecule has 3 aromatic rings. The Labute approximate surface area is 215 Å². The zero-order chi connectivity index (χ0) is 24.6. The van der Waals surface area contributed by atoms with Gasteiger partial charge < -0.3 is 5.32 Å². The van der Waals surface area contributed by atoms with Crippen LogP contribution in [0.1, 0.15) is 17.5 Å². The normalized spacial score (nSPS) is 11.3. The predicted molar refractivity (Wildman–Crippen MR) is 142 cm³/mol. The van der Waals surface area contributed by atoms with Gasteiger partial charge in [-0.1, -0.05) is 77.3 Å². The topological polar surface area (TPSA) is 66.5 Å². The van der Waals surface area contributed by atoms with E-state index in [0.717, 1.165) is 22.2 Å². The lowest BCUT2D eigenvalue weighted by Gasteiger charge is -2.25. The van der Waals surface area contributed by atoms with Crippen LogP contribution in [-0.4, -0.2) is 33.2 Å². The molecule has 0 heterocycles. The van der Waals surface area contributed by atoms with Gasteiger partial charge in [0.05, 0.1) is 20.6 Å². The van der Waals surface area contributed by atoms with Gasteiger partial charge in [-0.3, -0.25) is 9.10 Å². The number of nitrogens with one attached hydrogen (secondary N) is 1. The summed E-state index contributed by atoms with van der Waals surface area (Å²) >= 11 is 14.2. The van der Waals surface area contributed by atoms with E-state index < -0.39 is 22.5 Å². The van der Waals surface area contributed by atoms with Crippen LogP contribution >= 0.6 is 35.0 Å². The molecular weight excluding hydrogens is 511 g/mol. The zero-order valence-electron chi connectivity index (χ0n) is 18.7. The molecule has 0 bridgehead atoms. The van der Waals surface area contributed by atoms with Crippen molar-refractivity contribution in [2.24, 2.45) is 0 Å². The lowest BCUT2D eigenvalue weighted by molar-refractivity contribution is -0.119. The highest BCUT2D eigenvalue weighted by Crippen LogP contribution is 2.35. The Morgan fingerprint density at radius 2 is 1.74 bits per heavy atom. The number of thioether (sulfide) groups is 1. The van der Waals surface area contributed by atoms with Crippen LogP contribution in [0.2, 0.25) is 10.0 Å². The number of amides is 1. The van der Waals surface area contributed by atoms with E-state index in [-0.39, 0.29) is 20.6 Å². The average molecular weight is 538 g/mol. The summed E-state index contributed by atoms with van der Waals surface area (Å²) in [6, 6.07) is 21.0. The van der Waals surface area contributed by atoms with Gasteiger partial charge in [0, 0.05) is 12.3 Å². The maximum Gasteiger partial charge on any atom is 0.264 e. The largest absolute Gasteiger partial charge is 0.354 e. The van der Waals surface area contributed by atoms with E-state index >= 15 is 0 Å². The number of carbonyl (C=O) groups excluding carboxylic acids is 1. The highest BCUT2D eigenvalue weighted by Gasteiger charge is 2.29. The minimum absolute atomic E-state index is 0.0615. The fraction of sp³-hybridized carbons (Fsp3) is 0.240. The molecule has 180 valence electrons. The van der Waals surface area contributed by atoms with Gasteiger partial charge in [-0.15, -0.1) is 0 Å². The van der Waals surface area contributed by atoms with E-state index in [4.69, 9.17) is 23.2 Å². The molecule has 0 saturated heterocycles. The monoisotopic (exact) mass is 536 g/mol. The molecule has 0 aromatic heterocycles. The Morgan fingerprint density at radius 3 is 2.47 bits per heavy atom. The molecule has 0 unspecified atom stereocenters. The molecule has 0 aliphatic heterocycles. The van der Waals surface area contributed by atoms with Gasteiger partial charge in [0.15, 0.2) is 0 Å². The summed E-state index contributed by atoms with van der Waals surface area (Å²) in [5.41, 5.74) is 2.66. The minimum atomic E-state index is -4.04. The van der Waals surface area contributed by atoms with Crippen molar-refractivity contribution in [1.82, 2.24) is 5.32 Å². The number of hydrogen-bond donors (Lipinski definition) is 1. The van der Waals surface area contributed by atoms with Gasteiger partial charge in [0.1, 0.15) is 6.54 Å². The van der Waals surface area contributed by atoms with E-state index in [1.807, 2.05) is 6.07 Å². The van der Waals surface area contributed by atoms with Crippen molar-refractivity contribution in [2.45, 2.75) is 24.0 Å². The van der Waals surface area contributed by atoms with Crippen molar-refractivity contribution in [3.05, 3.63) is 94.0 Å². The maximum absolute atomic E-state index is 13.3. The van der Waals surface area contributed by atoms with E-state index in [0.29, 0.717) is 6.54 Å². The molecule has 9 heteroatoms. The number of benzene rings is 3. The summed E-state index contributed by atoms with van der Waals surface area (Å²) in [4.78, 5) is 12.8. The number of hydrogen-bond acceptors (Lipinski definition) is 4. The van der Waals surface area contributed by atoms with Gasteiger partial charge in [-0.2, -0.15) is 11.8 Å². The summed E-state index contributed by atoms with van der Waals surface area (Å²) in [7, 11) is -4.04. The van der Waals surface area contributed by atoms with Crippen LogP contribution in [0.4, 0.5) is 5.69 Å². The number of carbonyl (C=O) groups is 1. The fourth-order valence-electron chi connectivity index (χ4n) is 3.28. The van der Waals surface area contributed by atoms with Crippen LogP contribution in [0.15, 0.2) is 77.7 Å². The molecule has 0 fully saturated rings. The second kappa shape index (κ2) is 12.5. The van der Waals surface area contributed by atoms with Crippen molar-refractivity contribution >= 4 is 56.6 Å². The Balaban J connectivity index is 1.61. The second-order valence-electron chi connectivity index (χ2n) is 7.64. The first-order valence-electron chi connectivity index (χ1n) is 10.7. The molecule has 3 rings (SSSR count). The van der Waals surface area contributed by atoms with E-state index in [9.17, 15) is 13.2 Å². The fourth-order valence-corrected chi connectivity index (χ4v) is 6.09. The van der Waals surface area contributed by atoms with Gasteiger partial charge in [0.25, 0.3) is 10.0 Å². The van der Waals surface area contributed by atoms with Gasteiger partial charge >= 0.3 is 0 Å². The summed E-state index contributed by atoms with van der Waals surface area (Å²) in [6.07, 6.45) is 0.769. The van der Waals surface area contributed by atoms with Gasteiger partial charge in [-0.05, 0) is 48.9 Å². The SMILES string of the molecule is Cc1cccc(CSCCCNC(=O)CN(c2cccc(Cl)c2Cl)S(=O)(=O)c2ccccc2)c1. The summed E-state index contributed by atoms with van der Waals surface area (Å²) in [5, 5.41) is 3.09. The minimum Gasteiger partial charge on any atom is -0.354 e. The molecule has 5 nitrogen and oxygen atoms in total. The molecule has 3 aromatic carbocycles. The van der Waals surface area contributed by atoms with Gasteiger partial charge in [0.2, 0.25) is 5.91 Å². The van der Waals surface area contributed by atoms with Crippen LogP contribution in [0, 0.1) is 6.92 Å². The van der Waals surface area contributed by atoms with Crippen LogP contribution in [0.5, 0.6) is 0 Å². The number of anilines is 1. The summed E-state index contributed by atoms with van der Waals surface area (Å²) in [5.74, 6) is 1.37. The van der Waals surface area contributed by atoms with Crippen molar-refractivity contribution in [3.63, 3.8) is 0 Å². The number of sulfonamides is 1. The molecule has 0 radical (unpaired) electrons. The van der Waals surface area contributed by atoms with Crippen LogP contribution in [0.3, 0.4) is 0 Å². The van der Waals surface area contributed by atoms with E-state index in [1.54, 1.807) is 42.1 Å². The van der Waals surface area contributed by atoms with Crippen molar-refractivity contribution in [1.29, 1.82) is 0 Å². The molecule has 1 N–H and O–H groups in total. The molecule has 0 aliphatic rings. The smallest absolute Gasteiger partial charge is 0.264 e. The second-order valence-corrected chi connectivity index (χ2v) is 11.4. The quantitative estimate of drug-likeness (QED) is 0.308. The van der Waals surface area contributed by atoms with Crippen molar-refractivity contribution in [2.75, 3.05) is 23.1 Å². The first-order valence-corrected chi connectivity index (χ1v) is 14.1. The highest BCUT2D eigenvalue weighted by atomic mass is 35.5. The van der Waals surface area contributed by atoms with Crippen LogP contribution in [-0.2, 0) is 20.6 Å². The highest BCUT2D eigenvalue weighted by molar-refractivity contribution is 7.98. The lowest BCUT2D eigenvalue weighted by Crippen LogP contribution is -2.41. The lowest BCUT2D eigenvalue weighted by atomic mass is 10.2. The number of rotatable bonds is 11. The van der Waals surface area contributed by atoms with E-state index in [2.05, 4.69) is 30.4 Å². The van der Waals surface area contributed by atoms with E-state index in [1.165, 1.54) is 29.3 Å². The number of nitrogens with zero attached hydrogens (tertiary/aromatic N) is 1. The molecular formula is C25H26Cl2N2O3S2. The molecule has 34 heavy (non-hydrogen) atoms. The molecule has 0 spiro atoms. The summed E-state index contributed by atoms with van der Waals surface area (Å²) in [6.45, 7) is 2.11. The molecule has 0 atom stereocenters. The Morgan fingerprint density at radius 1 is 1.00 bits per heavy atom. The third-order valence-corrected chi connectivity index (χ3v) is 8.65. The van der Waals surface area contributed by atoms with Crippen LogP contribution < -0.4 is 9.62 Å². The molecule has 1 amide bonds. The maximum atomic E-state index is 13.3. The van der Waals surface area contributed by atoms with Gasteiger partial charge in [-0.25, -0.2) is 8.42 Å². The Kier molecular flexibility index (Phi) is 9.71. The Hall–Kier alpha value is -2.19. The van der Waals surface area contributed by atoms with Crippen molar-refractivity contribution in [3.8, 4) is 0 Å².